The molecule has 1 unspecified atom stereocenters. The number of hydrogen-bond donors (Lipinski definition) is 0. The summed E-state index contributed by atoms with van der Waals surface area (Å²) in [4.78, 5) is 0. The van der Waals surface area contributed by atoms with Crippen LogP contribution in [0.2, 0.25) is 0 Å². The highest BCUT2D eigenvalue weighted by Gasteiger charge is 2.21. The SMILES string of the molecule is CC(C)C(C)C[P@](C)(=O)COCc1ccccc1. The molecule has 0 aliphatic carbocycles. The lowest BCUT2D eigenvalue weighted by Gasteiger charge is -2.21. The summed E-state index contributed by atoms with van der Waals surface area (Å²) < 4.78 is 18.0. The normalized spacial score (nSPS) is 16.5. The van der Waals surface area contributed by atoms with E-state index in [1.807, 2.05) is 37.0 Å². The minimum absolute atomic E-state index is 0.388. The van der Waals surface area contributed by atoms with E-state index in [1.54, 1.807) is 0 Å². The largest absolute Gasteiger partial charge is 0.369 e. The van der Waals surface area contributed by atoms with Crippen LogP contribution in [0.25, 0.3) is 0 Å². The van der Waals surface area contributed by atoms with Gasteiger partial charge in [0.25, 0.3) is 0 Å². The first kappa shape index (κ1) is 15.5. The molecule has 0 aliphatic heterocycles. The molecule has 0 fully saturated rings. The van der Waals surface area contributed by atoms with Crippen molar-refractivity contribution in [2.45, 2.75) is 27.4 Å². The van der Waals surface area contributed by atoms with Gasteiger partial charge < -0.3 is 9.30 Å². The van der Waals surface area contributed by atoms with Gasteiger partial charge in [0.2, 0.25) is 0 Å². The summed E-state index contributed by atoms with van der Waals surface area (Å²) in [7, 11) is -2.16. The van der Waals surface area contributed by atoms with Gasteiger partial charge in [0.1, 0.15) is 7.14 Å². The minimum Gasteiger partial charge on any atom is -0.369 e. The van der Waals surface area contributed by atoms with Gasteiger partial charge in [0, 0.05) is 6.16 Å². The van der Waals surface area contributed by atoms with E-state index in [0.717, 1.165) is 11.7 Å². The first-order valence-electron chi connectivity index (χ1n) is 6.58. The summed E-state index contributed by atoms with van der Waals surface area (Å²) >= 11 is 0. The smallest absolute Gasteiger partial charge is 0.109 e. The van der Waals surface area contributed by atoms with Crippen molar-refractivity contribution in [2.24, 2.45) is 11.8 Å². The summed E-state index contributed by atoms with van der Waals surface area (Å²) in [5.74, 6) is 1.06. The molecule has 0 saturated carbocycles. The van der Waals surface area contributed by atoms with Crippen LogP contribution >= 0.6 is 7.14 Å². The van der Waals surface area contributed by atoms with Gasteiger partial charge in [-0.1, -0.05) is 51.1 Å². The summed E-state index contributed by atoms with van der Waals surface area (Å²) in [5, 5.41) is 0. The maximum atomic E-state index is 12.4. The zero-order valence-corrected chi connectivity index (χ0v) is 12.8. The fourth-order valence-electron chi connectivity index (χ4n) is 1.80. The second-order valence-electron chi connectivity index (χ2n) is 5.66. The van der Waals surface area contributed by atoms with Crippen LogP contribution in [0.4, 0.5) is 0 Å². The summed E-state index contributed by atoms with van der Waals surface area (Å²) in [6.07, 6.45) is 1.17. The molecule has 0 amide bonds. The van der Waals surface area contributed by atoms with E-state index in [0.29, 0.717) is 24.8 Å². The Bertz CT molecular complexity index is 387. The van der Waals surface area contributed by atoms with E-state index in [1.165, 1.54) is 0 Å². The number of rotatable bonds is 7. The van der Waals surface area contributed by atoms with Crippen molar-refractivity contribution in [3.63, 3.8) is 0 Å². The third-order valence-corrected chi connectivity index (χ3v) is 5.37. The van der Waals surface area contributed by atoms with Crippen LogP contribution in [0.3, 0.4) is 0 Å². The van der Waals surface area contributed by atoms with Crippen LogP contribution in [0.5, 0.6) is 0 Å². The Balaban J connectivity index is 2.36. The van der Waals surface area contributed by atoms with Crippen LogP contribution in [-0.2, 0) is 15.9 Å². The van der Waals surface area contributed by atoms with Crippen LogP contribution < -0.4 is 0 Å². The summed E-state index contributed by atoms with van der Waals surface area (Å²) in [6, 6.07) is 10.0. The molecule has 0 bridgehead atoms. The molecule has 1 aromatic rings. The van der Waals surface area contributed by atoms with Crippen LogP contribution in [0.15, 0.2) is 30.3 Å². The highest BCUT2D eigenvalue weighted by molar-refractivity contribution is 7.62. The lowest BCUT2D eigenvalue weighted by molar-refractivity contribution is 0.162. The van der Waals surface area contributed by atoms with Gasteiger partial charge in [0.05, 0.1) is 13.0 Å². The average Bonchev–Trinajstić information content (AvgIpc) is 2.29. The molecule has 0 spiro atoms. The Kier molecular flexibility index (Phi) is 6.11. The van der Waals surface area contributed by atoms with Gasteiger partial charge in [-0.15, -0.1) is 0 Å². The predicted octanol–water partition coefficient (Wildman–Crippen LogP) is 4.45. The third-order valence-electron chi connectivity index (χ3n) is 3.29. The zero-order chi connectivity index (χ0) is 13.6. The lowest BCUT2D eigenvalue weighted by Crippen LogP contribution is -2.11. The number of ether oxygens (including phenoxy) is 1. The standard InChI is InChI=1S/C15H25O2P/c1-13(2)14(3)11-18(4,16)12-17-10-15-8-6-5-7-9-15/h5-9,13-14H,10-12H2,1-4H3/t14?,18-/m0/s1. The molecule has 0 aliphatic rings. The molecule has 0 heterocycles. The van der Waals surface area contributed by atoms with Crippen molar-refractivity contribution in [3.05, 3.63) is 35.9 Å². The molecule has 3 heteroatoms. The average molecular weight is 268 g/mol. The topological polar surface area (TPSA) is 26.3 Å². The Morgan fingerprint density at radius 1 is 1.17 bits per heavy atom. The molecule has 2 nitrogen and oxygen atoms in total. The van der Waals surface area contributed by atoms with Crippen LogP contribution in [0, 0.1) is 11.8 Å². The molecule has 102 valence electrons. The predicted molar refractivity (Wildman–Crippen MR) is 78.5 cm³/mol. The van der Waals surface area contributed by atoms with Crippen LogP contribution in [0.1, 0.15) is 26.3 Å². The Morgan fingerprint density at radius 2 is 1.78 bits per heavy atom. The molecule has 0 aromatic heterocycles. The van der Waals surface area contributed by atoms with E-state index < -0.39 is 7.14 Å². The van der Waals surface area contributed by atoms with Crippen molar-refractivity contribution in [1.82, 2.24) is 0 Å². The maximum Gasteiger partial charge on any atom is 0.109 e. The van der Waals surface area contributed by atoms with Crippen molar-refractivity contribution >= 4 is 7.14 Å². The minimum atomic E-state index is -2.16. The molecule has 2 atom stereocenters. The first-order chi connectivity index (χ1) is 8.41. The molecular formula is C15H25O2P. The van der Waals surface area contributed by atoms with Crippen molar-refractivity contribution in [3.8, 4) is 0 Å². The third kappa shape index (κ3) is 5.84. The van der Waals surface area contributed by atoms with Gasteiger partial charge in [-0.25, -0.2) is 0 Å². The molecular weight excluding hydrogens is 243 g/mol. The maximum absolute atomic E-state index is 12.4. The van der Waals surface area contributed by atoms with E-state index in [2.05, 4.69) is 20.8 Å². The Morgan fingerprint density at radius 3 is 2.33 bits per heavy atom. The highest BCUT2D eigenvalue weighted by Crippen LogP contribution is 2.44. The van der Waals surface area contributed by atoms with Gasteiger partial charge in [0.15, 0.2) is 0 Å². The lowest BCUT2D eigenvalue weighted by atomic mass is 10.0. The quantitative estimate of drug-likeness (QED) is 0.683. The van der Waals surface area contributed by atoms with E-state index >= 15 is 0 Å². The van der Waals surface area contributed by atoms with Crippen molar-refractivity contribution in [2.75, 3.05) is 19.2 Å². The molecule has 0 saturated heterocycles. The number of hydrogen-bond acceptors (Lipinski definition) is 2. The van der Waals surface area contributed by atoms with E-state index in [-0.39, 0.29) is 0 Å². The molecule has 0 radical (unpaired) electrons. The Hall–Kier alpha value is -0.590. The van der Waals surface area contributed by atoms with E-state index in [9.17, 15) is 4.57 Å². The first-order valence-corrected chi connectivity index (χ1v) is 9.10. The monoisotopic (exact) mass is 268 g/mol. The van der Waals surface area contributed by atoms with Gasteiger partial charge in [-0.05, 0) is 24.1 Å². The van der Waals surface area contributed by atoms with Crippen molar-refractivity contribution < 1.29 is 9.30 Å². The van der Waals surface area contributed by atoms with Crippen LogP contribution in [-0.4, -0.2) is 19.2 Å². The zero-order valence-electron chi connectivity index (χ0n) is 11.9. The second kappa shape index (κ2) is 7.11. The van der Waals surface area contributed by atoms with E-state index in [4.69, 9.17) is 4.74 Å². The summed E-state index contributed by atoms with van der Waals surface area (Å²) in [5.41, 5.74) is 1.13. The highest BCUT2D eigenvalue weighted by atomic mass is 31.2. The second-order valence-corrected chi connectivity index (χ2v) is 8.88. The Labute approximate surface area is 111 Å². The fourth-order valence-corrected chi connectivity index (χ4v) is 4.03. The van der Waals surface area contributed by atoms with Crippen molar-refractivity contribution in [1.29, 1.82) is 0 Å². The summed E-state index contributed by atoms with van der Waals surface area (Å²) in [6.45, 7) is 8.93. The molecule has 1 rings (SSSR count). The van der Waals surface area contributed by atoms with Gasteiger partial charge in [-0.3, -0.25) is 0 Å². The molecule has 18 heavy (non-hydrogen) atoms. The molecule has 0 N–H and O–H groups in total. The van der Waals surface area contributed by atoms with Gasteiger partial charge in [-0.2, -0.15) is 0 Å². The van der Waals surface area contributed by atoms with Gasteiger partial charge >= 0.3 is 0 Å². The fraction of sp³-hybridized carbons (Fsp3) is 0.600. The molecule has 1 aromatic carbocycles. The number of benzene rings is 1.